The van der Waals surface area contributed by atoms with Crippen LogP contribution in [0.1, 0.15) is 45.9 Å². The van der Waals surface area contributed by atoms with Gasteiger partial charge in [-0.05, 0) is 49.3 Å². The minimum Gasteiger partial charge on any atom is -0.441 e. The van der Waals surface area contributed by atoms with Crippen molar-refractivity contribution in [3.63, 3.8) is 0 Å². The second-order valence-electron chi connectivity index (χ2n) is 6.25. The molecule has 3 atom stereocenters. The standard InChI is InChI=1S/C17H24N2O/c1-4-17-19-15-10-14(7-8-16(15)20-17)18-13-6-5-11(2)12(3)9-13/h7-8,10-13,18H,4-6,9H2,1-3H3. The molecule has 0 amide bonds. The maximum absolute atomic E-state index is 5.65. The Hall–Kier alpha value is -1.51. The first-order valence-electron chi connectivity index (χ1n) is 7.81. The summed E-state index contributed by atoms with van der Waals surface area (Å²) in [5, 5.41) is 3.67. The highest BCUT2D eigenvalue weighted by Gasteiger charge is 2.24. The molecule has 0 saturated heterocycles. The summed E-state index contributed by atoms with van der Waals surface area (Å²) in [5.41, 5.74) is 3.02. The number of aromatic nitrogens is 1. The van der Waals surface area contributed by atoms with Crippen LogP contribution in [0.5, 0.6) is 0 Å². The lowest BCUT2D eigenvalue weighted by Crippen LogP contribution is -2.30. The van der Waals surface area contributed by atoms with Crippen LogP contribution >= 0.6 is 0 Å². The smallest absolute Gasteiger partial charge is 0.195 e. The van der Waals surface area contributed by atoms with E-state index in [1.165, 1.54) is 24.9 Å². The van der Waals surface area contributed by atoms with Crippen LogP contribution in [0.25, 0.3) is 11.1 Å². The fourth-order valence-corrected chi connectivity index (χ4v) is 3.13. The van der Waals surface area contributed by atoms with Crippen LogP contribution in [0.15, 0.2) is 22.6 Å². The molecule has 1 aromatic heterocycles. The van der Waals surface area contributed by atoms with E-state index in [0.29, 0.717) is 6.04 Å². The van der Waals surface area contributed by atoms with Crippen molar-refractivity contribution < 1.29 is 4.42 Å². The zero-order valence-electron chi connectivity index (χ0n) is 12.6. The van der Waals surface area contributed by atoms with Gasteiger partial charge in [0.2, 0.25) is 0 Å². The van der Waals surface area contributed by atoms with Gasteiger partial charge in [0.1, 0.15) is 5.52 Å². The Morgan fingerprint density at radius 1 is 1.25 bits per heavy atom. The van der Waals surface area contributed by atoms with Gasteiger partial charge in [0, 0.05) is 18.2 Å². The van der Waals surface area contributed by atoms with Crippen LogP contribution < -0.4 is 5.32 Å². The summed E-state index contributed by atoms with van der Waals surface area (Å²) in [6, 6.07) is 6.84. The van der Waals surface area contributed by atoms with E-state index in [9.17, 15) is 0 Å². The van der Waals surface area contributed by atoms with Gasteiger partial charge in [0.25, 0.3) is 0 Å². The highest BCUT2D eigenvalue weighted by molar-refractivity contribution is 5.77. The second-order valence-corrected chi connectivity index (χ2v) is 6.25. The monoisotopic (exact) mass is 272 g/mol. The van der Waals surface area contributed by atoms with E-state index < -0.39 is 0 Å². The normalized spacial score (nSPS) is 26.9. The molecule has 3 nitrogen and oxygen atoms in total. The molecule has 0 spiro atoms. The van der Waals surface area contributed by atoms with E-state index in [1.54, 1.807) is 0 Å². The summed E-state index contributed by atoms with van der Waals surface area (Å²) < 4.78 is 5.65. The van der Waals surface area contributed by atoms with Crippen LogP contribution in [-0.4, -0.2) is 11.0 Å². The second kappa shape index (κ2) is 5.47. The molecular weight excluding hydrogens is 248 g/mol. The molecule has 2 aromatic rings. The van der Waals surface area contributed by atoms with Crippen molar-refractivity contribution in [2.75, 3.05) is 5.32 Å². The average molecular weight is 272 g/mol. The summed E-state index contributed by atoms with van der Waals surface area (Å²) in [7, 11) is 0. The van der Waals surface area contributed by atoms with Gasteiger partial charge in [-0.15, -0.1) is 0 Å². The Labute approximate surface area is 120 Å². The number of benzene rings is 1. The third-order valence-electron chi connectivity index (χ3n) is 4.70. The molecule has 3 unspecified atom stereocenters. The molecule has 1 N–H and O–H groups in total. The molecule has 1 saturated carbocycles. The number of nitrogens with one attached hydrogen (secondary N) is 1. The first-order chi connectivity index (χ1) is 9.65. The van der Waals surface area contributed by atoms with E-state index in [-0.39, 0.29) is 0 Å². The predicted octanol–water partition coefficient (Wildman–Crippen LogP) is 4.63. The number of aryl methyl sites for hydroxylation is 1. The van der Waals surface area contributed by atoms with Crippen LogP contribution in [0.2, 0.25) is 0 Å². The minimum atomic E-state index is 0.594. The lowest BCUT2D eigenvalue weighted by atomic mass is 9.79. The fraction of sp³-hybridized carbons (Fsp3) is 0.588. The van der Waals surface area contributed by atoms with E-state index >= 15 is 0 Å². The van der Waals surface area contributed by atoms with E-state index in [4.69, 9.17) is 4.42 Å². The van der Waals surface area contributed by atoms with Crippen molar-refractivity contribution in [1.82, 2.24) is 4.98 Å². The largest absolute Gasteiger partial charge is 0.441 e. The van der Waals surface area contributed by atoms with E-state index in [0.717, 1.165) is 35.2 Å². The number of nitrogens with zero attached hydrogens (tertiary/aromatic N) is 1. The van der Waals surface area contributed by atoms with Crippen LogP contribution in [0.4, 0.5) is 5.69 Å². The molecule has 20 heavy (non-hydrogen) atoms. The van der Waals surface area contributed by atoms with Gasteiger partial charge in [0.05, 0.1) is 0 Å². The summed E-state index contributed by atoms with van der Waals surface area (Å²) in [4.78, 5) is 4.51. The predicted molar refractivity (Wildman–Crippen MR) is 83.0 cm³/mol. The number of hydrogen-bond acceptors (Lipinski definition) is 3. The van der Waals surface area contributed by atoms with Crippen molar-refractivity contribution in [1.29, 1.82) is 0 Å². The molecule has 0 aliphatic heterocycles. The van der Waals surface area contributed by atoms with E-state index in [1.807, 2.05) is 6.07 Å². The van der Waals surface area contributed by atoms with Crippen LogP contribution in [-0.2, 0) is 6.42 Å². The molecule has 1 heterocycles. The molecule has 0 bridgehead atoms. The van der Waals surface area contributed by atoms with Gasteiger partial charge in [-0.3, -0.25) is 0 Å². The zero-order chi connectivity index (χ0) is 14.1. The van der Waals surface area contributed by atoms with Gasteiger partial charge in [-0.2, -0.15) is 0 Å². The lowest BCUT2D eigenvalue weighted by molar-refractivity contribution is 0.261. The first kappa shape index (κ1) is 13.5. The molecule has 108 valence electrons. The maximum atomic E-state index is 5.65. The highest BCUT2D eigenvalue weighted by Crippen LogP contribution is 2.31. The van der Waals surface area contributed by atoms with Gasteiger partial charge in [-0.1, -0.05) is 20.8 Å². The molecule has 1 fully saturated rings. The quantitative estimate of drug-likeness (QED) is 0.885. The molecule has 3 heteroatoms. The lowest BCUT2D eigenvalue weighted by Gasteiger charge is -2.33. The highest BCUT2D eigenvalue weighted by atomic mass is 16.3. The van der Waals surface area contributed by atoms with Crippen molar-refractivity contribution >= 4 is 16.8 Å². The Morgan fingerprint density at radius 3 is 2.85 bits per heavy atom. The summed E-state index contributed by atoms with van der Waals surface area (Å²) >= 11 is 0. The minimum absolute atomic E-state index is 0.594. The molecule has 1 aliphatic rings. The molecule has 1 aromatic carbocycles. The van der Waals surface area contributed by atoms with Crippen molar-refractivity contribution in [3.8, 4) is 0 Å². The molecule has 0 radical (unpaired) electrons. The van der Waals surface area contributed by atoms with Crippen molar-refractivity contribution in [2.24, 2.45) is 11.8 Å². The SMILES string of the molecule is CCc1nc2cc(NC3CCC(C)C(C)C3)ccc2o1. The van der Waals surface area contributed by atoms with E-state index in [2.05, 4.69) is 43.2 Å². The Balaban J connectivity index is 1.74. The summed E-state index contributed by atoms with van der Waals surface area (Å²) in [6.45, 7) is 6.80. The third-order valence-corrected chi connectivity index (χ3v) is 4.70. The van der Waals surface area contributed by atoms with Crippen LogP contribution in [0.3, 0.4) is 0 Å². The summed E-state index contributed by atoms with van der Waals surface area (Å²) in [5.74, 6) is 2.49. The number of hydrogen-bond donors (Lipinski definition) is 1. The van der Waals surface area contributed by atoms with Crippen LogP contribution in [0, 0.1) is 11.8 Å². The average Bonchev–Trinajstić information content (AvgIpc) is 2.85. The van der Waals surface area contributed by atoms with Crippen molar-refractivity contribution in [2.45, 2.75) is 52.5 Å². The molecule has 1 aliphatic carbocycles. The molecule has 3 rings (SSSR count). The third kappa shape index (κ3) is 2.67. The Bertz CT molecular complexity index is 590. The number of oxazole rings is 1. The topological polar surface area (TPSA) is 38.1 Å². The Kier molecular flexibility index (Phi) is 3.68. The fourth-order valence-electron chi connectivity index (χ4n) is 3.13. The molecular formula is C17H24N2O. The maximum Gasteiger partial charge on any atom is 0.195 e. The zero-order valence-corrected chi connectivity index (χ0v) is 12.6. The summed E-state index contributed by atoms with van der Waals surface area (Å²) in [6.07, 6.45) is 4.70. The number of fused-ring (bicyclic) bond motifs is 1. The number of anilines is 1. The van der Waals surface area contributed by atoms with Gasteiger partial charge in [-0.25, -0.2) is 4.98 Å². The van der Waals surface area contributed by atoms with Crippen molar-refractivity contribution in [3.05, 3.63) is 24.1 Å². The number of rotatable bonds is 3. The van der Waals surface area contributed by atoms with Gasteiger partial charge < -0.3 is 9.73 Å². The van der Waals surface area contributed by atoms with Gasteiger partial charge in [0.15, 0.2) is 11.5 Å². The van der Waals surface area contributed by atoms with Gasteiger partial charge >= 0.3 is 0 Å². The first-order valence-corrected chi connectivity index (χ1v) is 7.81. The Morgan fingerprint density at radius 2 is 2.10 bits per heavy atom.